The maximum atomic E-state index is 11.7. The molecular formula is C14H13BrO4. The van der Waals surface area contributed by atoms with E-state index in [4.69, 9.17) is 9.52 Å². The standard InChI is InChI=1S/C14H13BrO4/c1-8-11-6-9(15)2-4-12(11)19-13(8)7-10(16)3-5-14(17)18/h2,4,6H,3,5,7H2,1H3,(H,17,18). The molecule has 2 rings (SSSR count). The van der Waals surface area contributed by atoms with E-state index in [1.165, 1.54) is 0 Å². The summed E-state index contributed by atoms with van der Waals surface area (Å²) in [6.07, 6.45) is 0.0462. The van der Waals surface area contributed by atoms with E-state index >= 15 is 0 Å². The number of hydrogen-bond donors (Lipinski definition) is 1. The number of carbonyl (C=O) groups is 2. The number of furan rings is 1. The second-order valence-corrected chi connectivity index (χ2v) is 5.32. The van der Waals surface area contributed by atoms with Crippen LogP contribution >= 0.6 is 15.9 Å². The number of carboxylic acid groups (broad SMARTS) is 1. The number of carbonyl (C=O) groups excluding carboxylic acids is 1. The molecule has 0 aliphatic carbocycles. The summed E-state index contributed by atoms with van der Waals surface area (Å²) in [7, 11) is 0. The molecule has 0 aliphatic rings. The van der Waals surface area contributed by atoms with E-state index in [1.807, 2.05) is 25.1 Å². The van der Waals surface area contributed by atoms with Crippen LogP contribution in [0.4, 0.5) is 0 Å². The van der Waals surface area contributed by atoms with Crippen LogP contribution in [0.25, 0.3) is 11.0 Å². The van der Waals surface area contributed by atoms with Gasteiger partial charge in [0.15, 0.2) is 0 Å². The summed E-state index contributed by atoms with van der Waals surface area (Å²) in [6, 6.07) is 5.67. The Labute approximate surface area is 118 Å². The summed E-state index contributed by atoms with van der Waals surface area (Å²) < 4.78 is 6.59. The van der Waals surface area contributed by atoms with Crippen molar-refractivity contribution < 1.29 is 19.1 Å². The molecule has 1 heterocycles. The molecule has 1 aromatic heterocycles. The number of rotatable bonds is 5. The summed E-state index contributed by atoms with van der Waals surface area (Å²) in [6.45, 7) is 1.90. The van der Waals surface area contributed by atoms with Gasteiger partial charge in [-0.05, 0) is 30.7 Å². The Morgan fingerprint density at radius 3 is 2.74 bits per heavy atom. The lowest BCUT2D eigenvalue weighted by Gasteiger charge is -1.97. The summed E-state index contributed by atoms with van der Waals surface area (Å²) in [5, 5.41) is 9.52. The second kappa shape index (κ2) is 5.57. The lowest BCUT2D eigenvalue weighted by molar-refractivity contribution is -0.138. The molecule has 1 N–H and O–H groups in total. The highest BCUT2D eigenvalue weighted by atomic mass is 79.9. The van der Waals surface area contributed by atoms with Crippen molar-refractivity contribution in [3.05, 3.63) is 34.0 Å². The van der Waals surface area contributed by atoms with E-state index in [0.29, 0.717) is 5.76 Å². The molecule has 100 valence electrons. The minimum absolute atomic E-state index is 0.0372. The minimum atomic E-state index is -0.960. The molecule has 19 heavy (non-hydrogen) atoms. The summed E-state index contributed by atoms with van der Waals surface area (Å²) in [5.41, 5.74) is 1.67. The molecule has 0 amide bonds. The number of aryl methyl sites for hydroxylation is 1. The quantitative estimate of drug-likeness (QED) is 0.914. The van der Waals surface area contributed by atoms with E-state index in [9.17, 15) is 9.59 Å². The van der Waals surface area contributed by atoms with Gasteiger partial charge in [0.05, 0.1) is 12.8 Å². The molecule has 5 heteroatoms. The van der Waals surface area contributed by atoms with Crippen LogP contribution in [0.5, 0.6) is 0 Å². The molecule has 0 fully saturated rings. The van der Waals surface area contributed by atoms with Crippen LogP contribution in [0.3, 0.4) is 0 Å². The van der Waals surface area contributed by atoms with Crippen LogP contribution in [-0.4, -0.2) is 16.9 Å². The maximum absolute atomic E-state index is 11.7. The van der Waals surface area contributed by atoms with Gasteiger partial charge in [0.25, 0.3) is 0 Å². The highest BCUT2D eigenvalue weighted by Crippen LogP contribution is 2.28. The van der Waals surface area contributed by atoms with Gasteiger partial charge in [-0.3, -0.25) is 9.59 Å². The molecule has 0 radical (unpaired) electrons. The van der Waals surface area contributed by atoms with Crippen molar-refractivity contribution in [2.75, 3.05) is 0 Å². The first kappa shape index (κ1) is 13.8. The average molecular weight is 325 g/mol. The minimum Gasteiger partial charge on any atom is -0.481 e. The van der Waals surface area contributed by atoms with Gasteiger partial charge in [-0.25, -0.2) is 0 Å². The molecule has 1 aromatic carbocycles. The SMILES string of the molecule is Cc1c(CC(=O)CCC(=O)O)oc2ccc(Br)cc12. The van der Waals surface area contributed by atoms with Gasteiger partial charge in [0, 0.05) is 16.3 Å². The maximum Gasteiger partial charge on any atom is 0.303 e. The largest absolute Gasteiger partial charge is 0.481 e. The van der Waals surface area contributed by atoms with E-state index in [-0.39, 0.29) is 25.0 Å². The summed E-state index contributed by atoms with van der Waals surface area (Å²) in [5.74, 6) is -0.467. The van der Waals surface area contributed by atoms with Crippen molar-refractivity contribution >= 4 is 38.7 Å². The van der Waals surface area contributed by atoms with Crippen molar-refractivity contribution in [2.24, 2.45) is 0 Å². The third kappa shape index (κ3) is 3.23. The Balaban J connectivity index is 2.19. The van der Waals surface area contributed by atoms with Crippen LogP contribution < -0.4 is 0 Å². The van der Waals surface area contributed by atoms with Crippen LogP contribution in [0.15, 0.2) is 27.1 Å². The van der Waals surface area contributed by atoms with Gasteiger partial charge < -0.3 is 9.52 Å². The average Bonchev–Trinajstić information content (AvgIpc) is 2.64. The molecule has 0 atom stereocenters. The Bertz CT molecular complexity index is 642. The molecule has 0 bridgehead atoms. The molecule has 0 spiro atoms. The number of fused-ring (bicyclic) bond motifs is 1. The Morgan fingerprint density at radius 2 is 2.05 bits per heavy atom. The van der Waals surface area contributed by atoms with Gasteiger partial charge in [0.1, 0.15) is 17.1 Å². The van der Waals surface area contributed by atoms with Gasteiger partial charge in [0.2, 0.25) is 0 Å². The molecule has 4 nitrogen and oxygen atoms in total. The van der Waals surface area contributed by atoms with Crippen LogP contribution in [-0.2, 0) is 16.0 Å². The highest BCUT2D eigenvalue weighted by Gasteiger charge is 2.15. The lowest BCUT2D eigenvalue weighted by atomic mass is 10.1. The Hall–Kier alpha value is -1.62. The van der Waals surface area contributed by atoms with Crippen LogP contribution in [0, 0.1) is 6.92 Å². The van der Waals surface area contributed by atoms with Gasteiger partial charge in [-0.1, -0.05) is 15.9 Å². The number of halogens is 1. The zero-order valence-corrected chi connectivity index (χ0v) is 12.0. The smallest absolute Gasteiger partial charge is 0.303 e. The van der Waals surface area contributed by atoms with Crippen LogP contribution in [0.2, 0.25) is 0 Å². The van der Waals surface area contributed by atoms with E-state index in [2.05, 4.69) is 15.9 Å². The van der Waals surface area contributed by atoms with Gasteiger partial charge >= 0.3 is 5.97 Å². The zero-order chi connectivity index (χ0) is 14.0. The van der Waals surface area contributed by atoms with E-state index in [0.717, 1.165) is 21.0 Å². The number of Topliss-reactive ketones (excluding diaryl/α,β-unsaturated/α-hetero) is 1. The topological polar surface area (TPSA) is 67.5 Å². The van der Waals surface area contributed by atoms with Crippen LogP contribution in [0.1, 0.15) is 24.2 Å². The van der Waals surface area contributed by atoms with Crippen molar-refractivity contribution in [1.82, 2.24) is 0 Å². The number of ketones is 1. The molecule has 0 saturated carbocycles. The zero-order valence-electron chi connectivity index (χ0n) is 10.4. The van der Waals surface area contributed by atoms with Gasteiger partial charge in [-0.15, -0.1) is 0 Å². The monoisotopic (exact) mass is 324 g/mol. The third-order valence-corrected chi connectivity index (χ3v) is 3.47. The lowest BCUT2D eigenvalue weighted by Crippen LogP contribution is -2.06. The summed E-state index contributed by atoms with van der Waals surface area (Å²) in [4.78, 5) is 22.1. The first-order valence-electron chi connectivity index (χ1n) is 5.88. The molecule has 0 unspecified atom stereocenters. The Morgan fingerprint density at radius 1 is 1.32 bits per heavy atom. The van der Waals surface area contributed by atoms with Crippen molar-refractivity contribution in [3.8, 4) is 0 Å². The van der Waals surface area contributed by atoms with E-state index < -0.39 is 5.97 Å². The summed E-state index contributed by atoms with van der Waals surface area (Å²) >= 11 is 3.39. The predicted molar refractivity (Wildman–Crippen MR) is 74.2 cm³/mol. The van der Waals surface area contributed by atoms with E-state index in [1.54, 1.807) is 0 Å². The highest BCUT2D eigenvalue weighted by molar-refractivity contribution is 9.10. The number of carboxylic acids is 1. The fourth-order valence-electron chi connectivity index (χ4n) is 1.93. The number of aliphatic carboxylic acids is 1. The molecule has 0 saturated heterocycles. The fourth-order valence-corrected chi connectivity index (χ4v) is 2.29. The first-order chi connectivity index (χ1) is 8.97. The first-order valence-corrected chi connectivity index (χ1v) is 6.67. The number of hydrogen-bond acceptors (Lipinski definition) is 3. The second-order valence-electron chi connectivity index (χ2n) is 4.40. The molecule has 0 aliphatic heterocycles. The Kier molecular flexibility index (Phi) is 4.04. The number of benzene rings is 1. The predicted octanol–water partition coefficient (Wildman–Crippen LogP) is 3.48. The van der Waals surface area contributed by atoms with Crippen molar-refractivity contribution in [2.45, 2.75) is 26.2 Å². The molecular weight excluding hydrogens is 312 g/mol. The van der Waals surface area contributed by atoms with Crippen molar-refractivity contribution in [3.63, 3.8) is 0 Å². The van der Waals surface area contributed by atoms with Gasteiger partial charge in [-0.2, -0.15) is 0 Å². The third-order valence-electron chi connectivity index (χ3n) is 2.97. The molecule has 2 aromatic rings. The van der Waals surface area contributed by atoms with Crippen molar-refractivity contribution in [1.29, 1.82) is 0 Å². The normalized spacial score (nSPS) is 10.8. The fraction of sp³-hybridized carbons (Fsp3) is 0.286.